The lowest BCUT2D eigenvalue weighted by Crippen LogP contribution is -2.01. The number of aromatic nitrogens is 1. The van der Waals surface area contributed by atoms with E-state index in [1.54, 1.807) is 19.2 Å². The van der Waals surface area contributed by atoms with E-state index >= 15 is 0 Å². The number of benzene rings is 2. The first-order valence-corrected chi connectivity index (χ1v) is 7.98. The fourth-order valence-electron chi connectivity index (χ4n) is 2.38. The minimum absolute atomic E-state index is 0.488. The van der Waals surface area contributed by atoms with E-state index in [-0.39, 0.29) is 0 Å². The van der Waals surface area contributed by atoms with Crippen LogP contribution in [0.2, 0.25) is 0 Å². The van der Waals surface area contributed by atoms with Crippen LogP contribution in [-0.2, 0) is 11.1 Å². The third-order valence-electron chi connectivity index (χ3n) is 3.53. The van der Waals surface area contributed by atoms with Gasteiger partial charge in [0.2, 0.25) is 8.03 Å². The molecule has 1 atom stereocenters. The summed E-state index contributed by atoms with van der Waals surface area (Å²) in [4.78, 5) is 9.28. The van der Waals surface area contributed by atoms with E-state index in [0.717, 1.165) is 22.2 Å². The lowest BCUT2D eigenvalue weighted by molar-refractivity contribution is 0.414. The first-order chi connectivity index (χ1) is 10.2. The van der Waals surface area contributed by atoms with Gasteiger partial charge in [0, 0.05) is 23.6 Å². The lowest BCUT2D eigenvalue weighted by atomic mass is 10.2. The molecule has 108 valence electrons. The van der Waals surface area contributed by atoms with Gasteiger partial charge in [0.05, 0.1) is 7.11 Å². The Morgan fingerprint density at radius 3 is 2.57 bits per heavy atom. The number of fused-ring (bicyclic) bond motifs is 1. The van der Waals surface area contributed by atoms with E-state index in [1.807, 2.05) is 42.6 Å². The van der Waals surface area contributed by atoms with Crippen molar-refractivity contribution in [2.24, 2.45) is 0 Å². The third-order valence-corrected chi connectivity index (χ3v) is 4.34. The lowest BCUT2D eigenvalue weighted by Gasteiger charge is -2.07. The molecule has 4 nitrogen and oxygen atoms in total. The molecule has 3 rings (SSSR count). The zero-order valence-corrected chi connectivity index (χ0v) is 12.6. The van der Waals surface area contributed by atoms with Gasteiger partial charge in [-0.25, -0.2) is 0 Å². The van der Waals surface area contributed by atoms with E-state index in [0.29, 0.717) is 11.8 Å². The summed E-state index contributed by atoms with van der Waals surface area (Å²) in [5.74, 6) is 0.831. The maximum atomic E-state index is 11.3. The van der Waals surface area contributed by atoms with Gasteiger partial charge in [-0.3, -0.25) is 4.57 Å². The van der Waals surface area contributed by atoms with Gasteiger partial charge in [-0.05, 0) is 41.3 Å². The van der Waals surface area contributed by atoms with E-state index in [4.69, 9.17) is 4.74 Å². The summed E-state index contributed by atoms with van der Waals surface area (Å²) >= 11 is 0. The molecule has 1 unspecified atom stereocenters. The highest BCUT2D eigenvalue weighted by atomic mass is 31.1. The summed E-state index contributed by atoms with van der Waals surface area (Å²) in [6.07, 6.45) is 1.99. The Hall–Kier alpha value is -2.03. The molecular weight excluding hydrogens is 285 g/mol. The molecule has 1 heterocycles. The average Bonchev–Trinajstić information content (AvgIpc) is 2.90. The van der Waals surface area contributed by atoms with Crippen molar-refractivity contribution in [2.45, 2.75) is 6.54 Å². The molecule has 3 aromatic rings. The second kappa shape index (κ2) is 5.76. The van der Waals surface area contributed by atoms with Gasteiger partial charge in [-0.15, -0.1) is 0 Å². The van der Waals surface area contributed by atoms with E-state index < -0.39 is 8.03 Å². The van der Waals surface area contributed by atoms with Crippen LogP contribution in [0.1, 0.15) is 5.56 Å². The van der Waals surface area contributed by atoms with Crippen molar-refractivity contribution in [3.8, 4) is 5.75 Å². The van der Waals surface area contributed by atoms with Crippen molar-refractivity contribution in [3.63, 3.8) is 0 Å². The number of nitrogens with zero attached hydrogens (tertiary/aromatic N) is 1. The van der Waals surface area contributed by atoms with Crippen LogP contribution in [0.4, 0.5) is 0 Å². The van der Waals surface area contributed by atoms with Crippen LogP contribution in [0, 0.1) is 0 Å². The largest absolute Gasteiger partial charge is 0.497 e. The van der Waals surface area contributed by atoms with Crippen LogP contribution in [-0.4, -0.2) is 16.6 Å². The Morgan fingerprint density at radius 2 is 1.90 bits per heavy atom. The van der Waals surface area contributed by atoms with E-state index in [1.165, 1.54) is 0 Å². The van der Waals surface area contributed by atoms with E-state index in [9.17, 15) is 9.46 Å². The molecule has 0 saturated heterocycles. The van der Waals surface area contributed by atoms with Gasteiger partial charge in [-0.1, -0.05) is 18.2 Å². The first kappa shape index (κ1) is 13.9. The molecule has 0 aliphatic rings. The number of methoxy groups -OCH3 is 1. The Morgan fingerprint density at radius 1 is 1.14 bits per heavy atom. The molecule has 0 aliphatic heterocycles. The molecule has 0 spiro atoms. The van der Waals surface area contributed by atoms with Gasteiger partial charge >= 0.3 is 0 Å². The van der Waals surface area contributed by atoms with Crippen LogP contribution >= 0.6 is 8.03 Å². The second-order valence-electron chi connectivity index (χ2n) is 4.87. The zero-order valence-electron chi connectivity index (χ0n) is 11.6. The molecule has 0 aliphatic carbocycles. The fraction of sp³-hybridized carbons (Fsp3) is 0.125. The number of rotatable bonds is 4. The normalized spacial score (nSPS) is 12.5. The smallest absolute Gasteiger partial charge is 0.218 e. The minimum atomic E-state index is -2.66. The van der Waals surface area contributed by atoms with Gasteiger partial charge in [-0.2, -0.15) is 0 Å². The molecule has 21 heavy (non-hydrogen) atoms. The van der Waals surface area contributed by atoms with Crippen molar-refractivity contribution >= 4 is 24.2 Å². The Bertz CT molecular complexity index is 793. The molecule has 0 fully saturated rings. The molecule has 1 aromatic heterocycles. The summed E-state index contributed by atoms with van der Waals surface area (Å²) in [6.45, 7) is 0.712. The predicted octanol–water partition coefficient (Wildman–Crippen LogP) is 2.79. The van der Waals surface area contributed by atoms with Gasteiger partial charge < -0.3 is 14.2 Å². The molecular formula is C16H16NO3P. The van der Waals surface area contributed by atoms with Crippen LogP contribution in [0.3, 0.4) is 0 Å². The summed E-state index contributed by atoms with van der Waals surface area (Å²) in [5.41, 5.74) is 2.12. The molecule has 0 bridgehead atoms. The van der Waals surface area contributed by atoms with Crippen molar-refractivity contribution in [3.05, 3.63) is 60.3 Å². The molecule has 2 aromatic carbocycles. The van der Waals surface area contributed by atoms with Crippen LogP contribution in [0.25, 0.3) is 10.9 Å². The SMILES string of the molecule is COc1ccc(Cn2ccc3ccc([PH](=O)O)cc32)cc1. The summed E-state index contributed by atoms with van der Waals surface area (Å²) in [5, 5.41) is 1.55. The van der Waals surface area contributed by atoms with Crippen molar-refractivity contribution in [2.75, 3.05) is 7.11 Å². The fourth-order valence-corrected chi connectivity index (χ4v) is 2.87. The van der Waals surface area contributed by atoms with Crippen LogP contribution in [0.15, 0.2) is 54.7 Å². The predicted molar refractivity (Wildman–Crippen MR) is 84.9 cm³/mol. The van der Waals surface area contributed by atoms with Crippen molar-refractivity contribution in [1.29, 1.82) is 0 Å². The summed E-state index contributed by atoms with van der Waals surface area (Å²) in [7, 11) is -1.01. The molecule has 1 N–H and O–H groups in total. The first-order valence-electron chi connectivity index (χ1n) is 6.62. The Labute approximate surface area is 123 Å². The number of hydrogen-bond donors (Lipinski definition) is 1. The zero-order chi connectivity index (χ0) is 14.8. The maximum absolute atomic E-state index is 11.3. The molecule has 0 radical (unpaired) electrons. The van der Waals surface area contributed by atoms with Crippen molar-refractivity contribution in [1.82, 2.24) is 4.57 Å². The topological polar surface area (TPSA) is 51.5 Å². The molecule has 5 heteroatoms. The van der Waals surface area contributed by atoms with Gasteiger partial charge in [0.15, 0.2) is 0 Å². The summed E-state index contributed by atoms with van der Waals surface area (Å²) < 4.78 is 18.5. The second-order valence-corrected chi connectivity index (χ2v) is 6.06. The number of hydrogen-bond acceptors (Lipinski definition) is 2. The van der Waals surface area contributed by atoms with Crippen LogP contribution < -0.4 is 10.0 Å². The molecule has 0 saturated carbocycles. The molecule has 0 amide bonds. The highest BCUT2D eigenvalue weighted by molar-refractivity contribution is 7.47. The quantitative estimate of drug-likeness (QED) is 0.754. The standard InChI is InChI=1S/C16H16NO3P/c1-20-14-5-2-12(3-6-14)11-17-9-8-13-4-7-15(21(18)19)10-16(13)17/h2-10,21H,11H2,1H3,(H,18,19). The summed E-state index contributed by atoms with van der Waals surface area (Å²) in [6, 6.07) is 15.3. The average molecular weight is 301 g/mol. The van der Waals surface area contributed by atoms with Gasteiger partial charge in [0.25, 0.3) is 0 Å². The highest BCUT2D eigenvalue weighted by Gasteiger charge is 2.06. The maximum Gasteiger partial charge on any atom is 0.218 e. The minimum Gasteiger partial charge on any atom is -0.497 e. The highest BCUT2D eigenvalue weighted by Crippen LogP contribution is 2.21. The van der Waals surface area contributed by atoms with E-state index in [2.05, 4.69) is 4.57 Å². The Balaban J connectivity index is 1.95. The monoisotopic (exact) mass is 301 g/mol. The third kappa shape index (κ3) is 2.87. The Kier molecular flexibility index (Phi) is 3.82. The van der Waals surface area contributed by atoms with Crippen LogP contribution in [0.5, 0.6) is 5.75 Å². The van der Waals surface area contributed by atoms with Gasteiger partial charge in [0.1, 0.15) is 5.75 Å². The number of ether oxygens (including phenoxy) is 1. The van der Waals surface area contributed by atoms with Crippen molar-refractivity contribution < 1.29 is 14.2 Å².